The Bertz CT molecular complexity index is 184. The second-order valence-electron chi connectivity index (χ2n) is 5.66. The molecule has 15 heavy (non-hydrogen) atoms. The maximum atomic E-state index is 9.02. The van der Waals surface area contributed by atoms with Crippen LogP contribution in [0.15, 0.2) is 0 Å². The van der Waals surface area contributed by atoms with Crippen molar-refractivity contribution in [2.24, 2.45) is 17.6 Å². The first-order chi connectivity index (χ1) is 6.93. The zero-order valence-electron chi connectivity index (χ0n) is 10.2. The molecule has 3 nitrogen and oxygen atoms in total. The van der Waals surface area contributed by atoms with Crippen molar-refractivity contribution in [3.63, 3.8) is 0 Å². The van der Waals surface area contributed by atoms with Crippen LogP contribution < -0.4 is 5.73 Å². The Morgan fingerprint density at radius 1 is 1.27 bits per heavy atom. The van der Waals surface area contributed by atoms with E-state index in [1.165, 1.54) is 6.42 Å². The molecule has 0 heterocycles. The molecule has 0 bridgehead atoms. The van der Waals surface area contributed by atoms with Gasteiger partial charge in [-0.25, -0.2) is 0 Å². The highest BCUT2D eigenvalue weighted by molar-refractivity contribution is 4.80. The molecule has 0 saturated heterocycles. The summed E-state index contributed by atoms with van der Waals surface area (Å²) in [6, 6.07) is 0. The highest BCUT2D eigenvalue weighted by Gasteiger charge is 2.26. The molecule has 1 aliphatic carbocycles. The summed E-state index contributed by atoms with van der Waals surface area (Å²) in [7, 11) is 0. The monoisotopic (exact) mass is 215 g/mol. The summed E-state index contributed by atoms with van der Waals surface area (Å²) in [6.45, 7) is 6.81. The van der Waals surface area contributed by atoms with E-state index < -0.39 is 5.54 Å². The van der Waals surface area contributed by atoms with E-state index in [1.54, 1.807) is 0 Å². The number of aliphatic hydroxyl groups is 1. The maximum absolute atomic E-state index is 9.02. The Kier molecular flexibility index (Phi) is 4.56. The van der Waals surface area contributed by atoms with E-state index in [1.807, 2.05) is 6.92 Å². The van der Waals surface area contributed by atoms with Gasteiger partial charge >= 0.3 is 0 Å². The van der Waals surface area contributed by atoms with Crippen LogP contribution in [-0.4, -0.2) is 30.0 Å². The Morgan fingerprint density at radius 2 is 1.80 bits per heavy atom. The third kappa shape index (κ3) is 4.49. The molecule has 0 radical (unpaired) electrons. The van der Waals surface area contributed by atoms with E-state index in [0.717, 1.165) is 24.7 Å². The fourth-order valence-electron chi connectivity index (χ4n) is 2.36. The second-order valence-corrected chi connectivity index (χ2v) is 5.66. The zero-order chi connectivity index (χ0) is 11.5. The summed E-state index contributed by atoms with van der Waals surface area (Å²) < 4.78 is 5.79. The summed E-state index contributed by atoms with van der Waals surface area (Å²) in [5, 5.41) is 9.02. The van der Waals surface area contributed by atoms with Crippen molar-refractivity contribution in [3.05, 3.63) is 0 Å². The first kappa shape index (κ1) is 12.9. The lowest BCUT2D eigenvalue weighted by Crippen LogP contribution is -2.46. The highest BCUT2D eigenvalue weighted by atomic mass is 16.5. The van der Waals surface area contributed by atoms with E-state index in [4.69, 9.17) is 15.6 Å². The first-order valence-corrected chi connectivity index (χ1v) is 5.94. The maximum Gasteiger partial charge on any atom is 0.0669 e. The van der Waals surface area contributed by atoms with Gasteiger partial charge in [-0.3, -0.25) is 0 Å². The van der Waals surface area contributed by atoms with Crippen LogP contribution in [0.2, 0.25) is 0 Å². The smallest absolute Gasteiger partial charge is 0.0669 e. The lowest BCUT2D eigenvalue weighted by atomic mass is 9.82. The van der Waals surface area contributed by atoms with Crippen LogP contribution in [-0.2, 0) is 4.74 Å². The van der Waals surface area contributed by atoms with Gasteiger partial charge in [-0.15, -0.1) is 0 Å². The van der Waals surface area contributed by atoms with Crippen molar-refractivity contribution < 1.29 is 9.84 Å². The quantitative estimate of drug-likeness (QED) is 0.748. The minimum atomic E-state index is -0.593. The van der Waals surface area contributed by atoms with E-state index in [9.17, 15) is 0 Å². The van der Waals surface area contributed by atoms with Gasteiger partial charge in [-0.05, 0) is 38.0 Å². The van der Waals surface area contributed by atoms with E-state index in [0.29, 0.717) is 12.7 Å². The molecular weight excluding hydrogens is 190 g/mol. The predicted molar refractivity (Wildman–Crippen MR) is 61.6 cm³/mol. The number of nitrogens with two attached hydrogens (primary N) is 1. The fraction of sp³-hybridized carbons (Fsp3) is 1.00. The van der Waals surface area contributed by atoms with E-state index >= 15 is 0 Å². The average Bonchev–Trinajstić information content (AvgIpc) is 2.14. The number of aliphatic hydroxyl groups excluding tert-OH is 1. The molecule has 3 atom stereocenters. The predicted octanol–water partition coefficient (Wildman–Crippen LogP) is 1.54. The van der Waals surface area contributed by atoms with Crippen LogP contribution in [0, 0.1) is 11.8 Å². The highest BCUT2D eigenvalue weighted by Crippen LogP contribution is 2.30. The summed E-state index contributed by atoms with van der Waals surface area (Å²) >= 11 is 0. The Morgan fingerprint density at radius 3 is 2.27 bits per heavy atom. The number of ether oxygens (including phenoxy) is 1. The van der Waals surface area contributed by atoms with Gasteiger partial charge in [0.2, 0.25) is 0 Å². The molecule has 3 heteroatoms. The van der Waals surface area contributed by atoms with Crippen LogP contribution in [0.25, 0.3) is 0 Å². The Labute approximate surface area is 93.0 Å². The number of hydrogen-bond donors (Lipinski definition) is 2. The Balaban J connectivity index is 2.32. The second kappa shape index (κ2) is 5.28. The zero-order valence-corrected chi connectivity index (χ0v) is 10.2. The first-order valence-electron chi connectivity index (χ1n) is 5.94. The topological polar surface area (TPSA) is 55.5 Å². The van der Waals surface area contributed by atoms with Crippen LogP contribution in [0.3, 0.4) is 0 Å². The van der Waals surface area contributed by atoms with Crippen molar-refractivity contribution in [1.82, 2.24) is 0 Å². The summed E-state index contributed by atoms with van der Waals surface area (Å²) in [4.78, 5) is 0. The molecule has 90 valence electrons. The summed E-state index contributed by atoms with van der Waals surface area (Å²) in [5.41, 5.74) is 5.23. The van der Waals surface area contributed by atoms with Crippen molar-refractivity contribution in [2.75, 3.05) is 13.2 Å². The number of hydrogen-bond acceptors (Lipinski definition) is 3. The molecule has 1 saturated carbocycles. The summed E-state index contributed by atoms with van der Waals surface area (Å²) in [6.07, 6.45) is 3.90. The Hall–Kier alpha value is -0.120. The standard InChI is InChI=1S/C12H25NO2/c1-9-4-10(2)6-11(5-9)15-8-12(3,13)7-14/h9-11,14H,4-8,13H2,1-3H3. The van der Waals surface area contributed by atoms with Gasteiger partial charge in [-0.1, -0.05) is 13.8 Å². The van der Waals surface area contributed by atoms with Gasteiger partial charge in [0.1, 0.15) is 0 Å². The molecule has 1 aliphatic rings. The van der Waals surface area contributed by atoms with Crippen LogP contribution in [0.5, 0.6) is 0 Å². The van der Waals surface area contributed by atoms with Crippen LogP contribution in [0.1, 0.15) is 40.0 Å². The van der Waals surface area contributed by atoms with Gasteiger partial charge < -0.3 is 15.6 Å². The van der Waals surface area contributed by atoms with Crippen molar-refractivity contribution in [3.8, 4) is 0 Å². The molecule has 0 spiro atoms. The van der Waals surface area contributed by atoms with Gasteiger partial charge in [0, 0.05) is 0 Å². The van der Waals surface area contributed by atoms with Crippen molar-refractivity contribution in [2.45, 2.75) is 51.7 Å². The molecule has 1 fully saturated rings. The van der Waals surface area contributed by atoms with Crippen LogP contribution in [0.4, 0.5) is 0 Å². The lowest BCUT2D eigenvalue weighted by molar-refractivity contribution is -0.0281. The largest absolute Gasteiger partial charge is 0.394 e. The molecular formula is C12H25NO2. The molecule has 0 aromatic rings. The van der Waals surface area contributed by atoms with Gasteiger partial charge in [-0.2, -0.15) is 0 Å². The van der Waals surface area contributed by atoms with Gasteiger partial charge in [0.15, 0.2) is 0 Å². The third-order valence-corrected chi connectivity index (χ3v) is 3.15. The third-order valence-electron chi connectivity index (χ3n) is 3.15. The molecule has 0 amide bonds. The normalized spacial score (nSPS) is 36.2. The molecule has 3 unspecified atom stereocenters. The average molecular weight is 215 g/mol. The van der Waals surface area contributed by atoms with Crippen molar-refractivity contribution in [1.29, 1.82) is 0 Å². The molecule has 0 aliphatic heterocycles. The minimum absolute atomic E-state index is 0.0230. The minimum Gasteiger partial charge on any atom is -0.394 e. The van der Waals surface area contributed by atoms with E-state index in [2.05, 4.69) is 13.8 Å². The van der Waals surface area contributed by atoms with Crippen molar-refractivity contribution >= 4 is 0 Å². The SMILES string of the molecule is CC1CC(C)CC(OCC(C)(N)CO)C1. The molecule has 1 rings (SSSR count). The summed E-state index contributed by atoms with van der Waals surface area (Å²) in [5.74, 6) is 1.49. The van der Waals surface area contributed by atoms with Crippen LogP contribution >= 0.6 is 0 Å². The van der Waals surface area contributed by atoms with E-state index in [-0.39, 0.29) is 6.61 Å². The molecule has 0 aromatic heterocycles. The van der Waals surface area contributed by atoms with Gasteiger partial charge in [0.25, 0.3) is 0 Å². The molecule has 3 N–H and O–H groups in total. The fourth-order valence-corrected chi connectivity index (χ4v) is 2.36. The lowest BCUT2D eigenvalue weighted by Gasteiger charge is -2.33. The molecule has 0 aromatic carbocycles. The number of rotatable bonds is 4. The van der Waals surface area contributed by atoms with Gasteiger partial charge in [0.05, 0.1) is 24.9 Å².